The molecule has 0 bridgehead atoms. The third-order valence-electron chi connectivity index (χ3n) is 3.93. The second-order valence-electron chi connectivity index (χ2n) is 5.88. The quantitative estimate of drug-likeness (QED) is 0.678. The molecule has 8 nitrogen and oxygen atoms in total. The maximum absolute atomic E-state index is 12.3. The molecule has 3 aromatic rings. The molecule has 9 heteroatoms. The van der Waals surface area contributed by atoms with Gasteiger partial charge in [-0.15, -0.1) is 5.10 Å². The van der Waals surface area contributed by atoms with E-state index < -0.39 is 0 Å². The van der Waals surface area contributed by atoms with Gasteiger partial charge < -0.3 is 5.32 Å². The Labute approximate surface area is 160 Å². The van der Waals surface area contributed by atoms with Crippen LogP contribution in [0.1, 0.15) is 27.0 Å². The minimum Gasteiger partial charge on any atom is -0.344 e. The zero-order chi connectivity index (χ0) is 18.5. The fraction of sp³-hybridized carbons (Fsp3) is 0.167. The molecule has 0 spiro atoms. The van der Waals surface area contributed by atoms with Gasteiger partial charge in [0.05, 0.1) is 19.3 Å². The Morgan fingerprint density at radius 2 is 2.00 bits per heavy atom. The second kappa shape index (κ2) is 8.00. The summed E-state index contributed by atoms with van der Waals surface area (Å²) in [6.07, 6.45) is 5.07. The van der Waals surface area contributed by atoms with Crippen molar-refractivity contribution in [3.05, 3.63) is 77.9 Å². The Hall–Kier alpha value is -3.20. The van der Waals surface area contributed by atoms with Gasteiger partial charge in [0.15, 0.2) is 5.69 Å². The standard InChI is InChI=1S/C18H17N7OS/c26-17(15-12-25(24-21-15)11-13-6-8-19-9-7-13)20-10-16-22-23-18(27-16)14-4-2-1-3-5-14/h1-9,12,18,23H,10-11H2,(H,20,26). The van der Waals surface area contributed by atoms with Crippen molar-refractivity contribution < 1.29 is 4.79 Å². The van der Waals surface area contributed by atoms with E-state index in [1.54, 1.807) is 35.0 Å². The lowest BCUT2D eigenvalue weighted by Gasteiger charge is -2.08. The molecule has 136 valence electrons. The van der Waals surface area contributed by atoms with Crippen LogP contribution in [0.5, 0.6) is 0 Å². The number of hydrazone groups is 1. The van der Waals surface area contributed by atoms with E-state index >= 15 is 0 Å². The molecular formula is C18H17N7OS. The van der Waals surface area contributed by atoms with Gasteiger partial charge in [0.1, 0.15) is 10.4 Å². The van der Waals surface area contributed by atoms with Crippen LogP contribution in [0, 0.1) is 0 Å². The van der Waals surface area contributed by atoms with Gasteiger partial charge in [-0.25, -0.2) is 4.68 Å². The number of carbonyl (C=O) groups is 1. The highest BCUT2D eigenvalue weighted by Gasteiger charge is 2.21. The summed E-state index contributed by atoms with van der Waals surface area (Å²) in [5.74, 6) is -0.276. The smallest absolute Gasteiger partial charge is 0.273 e. The van der Waals surface area contributed by atoms with Gasteiger partial charge in [-0.05, 0) is 23.3 Å². The Morgan fingerprint density at radius 3 is 2.81 bits per heavy atom. The van der Waals surface area contributed by atoms with Crippen molar-refractivity contribution >= 4 is 22.7 Å². The van der Waals surface area contributed by atoms with Gasteiger partial charge in [-0.1, -0.05) is 47.3 Å². The fourth-order valence-corrected chi connectivity index (χ4v) is 3.50. The van der Waals surface area contributed by atoms with Crippen LogP contribution in [-0.4, -0.2) is 37.5 Å². The van der Waals surface area contributed by atoms with Crippen molar-refractivity contribution in [2.24, 2.45) is 5.10 Å². The molecule has 27 heavy (non-hydrogen) atoms. The van der Waals surface area contributed by atoms with E-state index in [2.05, 4.69) is 31.1 Å². The Kier molecular flexibility index (Phi) is 5.10. The van der Waals surface area contributed by atoms with E-state index in [1.807, 2.05) is 42.5 Å². The lowest BCUT2D eigenvalue weighted by atomic mass is 10.2. The van der Waals surface area contributed by atoms with E-state index in [-0.39, 0.29) is 17.0 Å². The number of thioether (sulfide) groups is 1. The van der Waals surface area contributed by atoms with E-state index in [1.165, 1.54) is 0 Å². The lowest BCUT2D eigenvalue weighted by molar-refractivity contribution is 0.0954. The van der Waals surface area contributed by atoms with E-state index in [0.29, 0.717) is 13.1 Å². The number of nitrogens with one attached hydrogen (secondary N) is 2. The molecule has 2 N–H and O–H groups in total. The van der Waals surface area contributed by atoms with Crippen molar-refractivity contribution in [3.63, 3.8) is 0 Å². The first-order valence-corrected chi connectivity index (χ1v) is 9.27. The number of hydrogen-bond donors (Lipinski definition) is 2. The second-order valence-corrected chi connectivity index (χ2v) is 7.06. The van der Waals surface area contributed by atoms with Crippen LogP contribution in [0.3, 0.4) is 0 Å². The molecule has 3 heterocycles. The highest BCUT2D eigenvalue weighted by Crippen LogP contribution is 2.30. The number of pyridine rings is 1. The topological polar surface area (TPSA) is 97.1 Å². The van der Waals surface area contributed by atoms with Crippen LogP contribution >= 0.6 is 11.8 Å². The molecule has 2 aromatic heterocycles. The Bertz CT molecular complexity index is 943. The summed E-state index contributed by atoms with van der Waals surface area (Å²) in [5.41, 5.74) is 5.54. The first-order chi connectivity index (χ1) is 13.3. The van der Waals surface area contributed by atoms with Crippen molar-refractivity contribution in [2.75, 3.05) is 6.54 Å². The molecule has 1 atom stereocenters. The van der Waals surface area contributed by atoms with Crippen LogP contribution in [0.25, 0.3) is 0 Å². The SMILES string of the molecule is O=C(NCC1=NNC(c2ccccc2)S1)c1cn(Cc2ccncc2)nn1. The number of nitrogens with zero attached hydrogens (tertiary/aromatic N) is 5. The summed E-state index contributed by atoms with van der Waals surface area (Å²) in [6.45, 7) is 0.880. The van der Waals surface area contributed by atoms with Crippen LogP contribution in [-0.2, 0) is 6.54 Å². The minimum absolute atomic E-state index is 0.0688. The number of benzene rings is 1. The monoisotopic (exact) mass is 379 g/mol. The molecule has 1 unspecified atom stereocenters. The minimum atomic E-state index is -0.276. The summed E-state index contributed by atoms with van der Waals surface area (Å²) in [6, 6.07) is 13.8. The van der Waals surface area contributed by atoms with Gasteiger partial charge in [0.2, 0.25) is 0 Å². The highest BCUT2D eigenvalue weighted by atomic mass is 32.2. The molecule has 4 rings (SSSR count). The number of hydrogen-bond acceptors (Lipinski definition) is 7. The largest absolute Gasteiger partial charge is 0.344 e. The molecule has 1 amide bonds. The number of aromatic nitrogens is 4. The van der Waals surface area contributed by atoms with Crippen LogP contribution < -0.4 is 10.7 Å². The van der Waals surface area contributed by atoms with Gasteiger partial charge in [0, 0.05) is 12.4 Å². The van der Waals surface area contributed by atoms with E-state index in [9.17, 15) is 4.79 Å². The predicted octanol–water partition coefficient (Wildman–Crippen LogP) is 1.80. The Balaban J connectivity index is 1.29. The molecule has 0 fully saturated rings. The first-order valence-electron chi connectivity index (χ1n) is 8.39. The van der Waals surface area contributed by atoms with Crippen molar-refractivity contribution in [1.82, 2.24) is 30.7 Å². The average Bonchev–Trinajstić information content (AvgIpc) is 3.37. The molecular weight excluding hydrogens is 362 g/mol. The third kappa shape index (κ3) is 4.32. The molecule has 0 saturated heterocycles. The van der Waals surface area contributed by atoms with Gasteiger partial charge in [-0.3, -0.25) is 15.2 Å². The highest BCUT2D eigenvalue weighted by molar-refractivity contribution is 8.14. The van der Waals surface area contributed by atoms with Crippen molar-refractivity contribution in [2.45, 2.75) is 11.9 Å². The molecule has 1 aliphatic heterocycles. The molecule has 0 saturated carbocycles. The van der Waals surface area contributed by atoms with Crippen molar-refractivity contribution in [1.29, 1.82) is 0 Å². The van der Waals surface area contributed by atoms with Crippen LogP contribution in [0.2, 0.25) is 0 Å². The fourth-order valence-electron chi connectivity index (χ4n) is 2.57. The summed E-state index contributed by atoms with van der Waals surface area (Å²) in [5, 5.41) is 16.0. The van der Waals surface area contributed by atoms with Gasteiger partial charge in [0.25, 0.3) is 5.91 Å². The maximum Gasteiger partial charge on any atom is 0.273 e. The van der Waals surface area contributed by atoms with Crippen LogP contribution in [0.15, 0.2) is 66.2 Å². The van der Waals surface area contributed by atoms with Crippen molar-refractivity contribution in [3.8, 4) is 0 Å². The van der Waals surface area contributed by atoms with Gasteiger partial charge in [-0.2, -0.15) is 5.10 Å². The number of carbonyl (C=O) groups excluding carboxylic acids is 1. The molecule has 0 aliphatic carbocycles. The van der Waals surface area contributed by atoms with E-state index in [4.69, 9.17) is 0 Å². The molecule has 1 aromatic carbocycles. The summed E-state index contributed by atoms with van der Waals surface area (Å²) < 4.78 is 1.62. The summed E-state index contributed by atoms with van der Waals surface area (Å²) in [4.78, 5) is 16.3. The molecule has 0 radical (unpaired) electrons. The summed E-state index contributed by atoms with van der Waals surface area (Å²) in [7, 11) is 0. The van der Waals surface area contributed by atoms with Gasteiger partial charge >= 0.3 is 0 Å². The Morgan fingerprint density at radius 1 is 1.19 bits per heavy atom. The first kappa shape index (κ1) is 17.2. The van der Waals surface area contributed by atoms with E-state index in [0.717, 1.165) is 16.2 Å². The number of amides is 1. The maximum atomic E-state index is 12.3. The zero-order valence-corrected chi connectivity index (χ0v) is 15.1. The molecule has 1 aliphatic rings. The predicted molar refractivity (Wildman–Crippen MR) is 103 cm³/mol. The normalized spacial score (nSPS) is 15.9. The lowest BCUT2D eigenvalue weighted by Crippen LogP contribution is -2.28. The number of rotatable bonds is 6. The third-order valence-corrected chi connectivity index (χ3v) is 5.05. The van der Waals surface area contributed by atoms with Crippen LogP contribution in [0.4, 0.5) is 0 Å². The average molecular weight is 379 g/mol. The summed E-state index contributed by atoms with van der Waals surface area (Å²) >= 11 is 1.58. The zero-order valence-electron chi connectivity index (χ0n) is 14.3.